The molecule has 0 aliphatic heterocycles. The third-order valence-corrected chi connectivity index (χ3v) is 4.94. The molecule has 0 aliphatic rings. The van der Waals surface area contributed by atoms with Crippen molar-refractivity contribution in [1.82, 2.24) is 0 Å². The standard InChI is InChI=1S/C18H16F5NO2S/c1-12-3-9-15(10-4-12)27(25)11-16(17(19,20)18(21,22)23)24-13-5-7-14(26-2)8-6-13/h3-10H,11H2,1-2H3/t27-/m1/s1. The van der Waals surface area contributed by atoms with Crippen LogP contribution in [0.5, 0.6) is 5.75 Å². The molecule has 0 N–H and O–H groups in total. The van der Waals surface area contributed by atoms with Crippen molar-refractivity contribution in [1.29, 1.82) is 0 Å². The molecule has 0 fully saturated rings. The van der Waals surface area contributed by atoms with E-state index in [2.05, 4.69) is 4.99 Å². The Bertz CT molecular complexity index is 830. The molecule has 0 amide bonds. The number of benzene rings is 2. The van der Waals surface area contributed by atoms with E-state index in [4.69, 9.17) is 4.74 Å². The van der Waals surface area contributed by atoms with Crippen molar-refractivity contribution in [2.75, 3.05) is 12.9 Å². The van der Waals surface area contributed by atoms with Crippen molar-refractivity contribution < 1.29 is 30.9 Å². The number of aliphatic imine (C=N–C) groups is 1. The molecule has 0 radical (unpaired) electrons. The highest BCUT2D eigenvalue weighted by Crippen LogP contribution is 2.38. The molecule has 2 rings (SSSR count). The molecule has 2 aromatic carbocycles. The molecule has 1 atom stereocenters. The topological polar surface area (TPSA) is 38.7 Å². The van der Waals surface area contributed by atoms with E-state index in [9.17, 15) is 26.2 Å². The summed E-state index contributed by atoms with van der Waals surface area (Å²) in [7, 11) is -0.737. The van der Waals surface area contributed by atoms with Gasteiger partial charge in [-0.15, -0.1) is 0 Å². The summed E-state index contributed by atoms with van der Waals surface area (Å²) in [5, 5.41) is 0. The summed E-state index contributed by atoms with van der Waals surface area (Å²) in [6, 6.07) is 11.2. The molecule has 3 nitrogen and oxygen atoms in total. The van der Waals surface area contributed by atoms with Crippen LogP contribution in [-0.4, -0.2) is 34.9 Å². The van der Waals surface area contributed by atoms with Crippen LogP contribution in [0.1, 0.15) is 5.56 Å². The number of alkyl halides is 5. The van der Waals surface area contributed by atoms with Crippen LogP contribution in [-0.2, 0) is 10.8 Å². The smallest absolute Gasteiger partial charge is 0.459 e. The molecule has 2 aromatic rings. The first-order valence-corrected chi connectivity index (χ1v) is 8.98. The summed E-state index contributed by atoms with van der Waals surface area (Å²) in [6.45, 7) is 1.76. The largest absolute Gasteiger partial charge is 0.497 e. The second kappa shape index (κ2) is 8.16. The first kappa shape index (κ1) is 21.0. The van der Waals surface area contributed by atoms with Crippen LogP contribution in [0.2, 0.25) is 0 Å². The van der Waals surface area contributed by atoms with Gasteiger partial charge in [0, 0.05) is 4.90 Å². The van der Waals surface area contributed by atoms with E-state index in [-0.39, 0.29) is 10.6 Å². The second-order valence-electron chi connectivity index (χ2n) is 5.63. The molecule has 0 spiro atoms. The zero-order chi connectivity index (χ0) is 20.2. The Balaban J connectivity index is 2.41. The van der Waals surface area contributed by atoms with Crippen molar-refractivity contribution >= 4 is 22.2 Å². The Labute approximate surface area is 155 Å². The normalized spacial score (nSPS) is 14.1. The Hall–Kier alpha value is -2.29. The fraction of sp³-hybridized carbons (Fsp3) is 0.278. The van der Waals surface area contributed by atoms with Crippen LogP contribution in [0.3, 0.4) is 0 Å². The zero-order valence-corrected chi connectivity index (χ0v) is 15.2. The average Bonchev–Trinajstić information content (AvgIpc) is 2.61. The fourth-order valence-electron chi connectivity index (χ4n) is 2.07. The van der Waals surface area contributed by atoms with E-state index in [0.717, 1.165) is 5.56 Å². The van der Waals surface area contributed by atoms with Crippen molar-refractivity contribution in [3.8, 4) is 5.75 Å². The van der Waals surface area contributed by atoms with Crippen LogP contribution in [0.25, 0.3) is 0 Å². The fourth-order valence-corrected chi connectivity index (χ4v) is 3.17. The molecular formula is C18H16F5NO2S. The quantitative estimate of drug-likeness (QED) is 0.497. The van der Waals surface area contributed by atoms with Gasteiger partial charge in [0.25, 0.3) is 0 Å². The zero-order valence-electron chi connectivity index (χ0n) is 14.4. The van der Waals surface area contributed by atoms with Crippen molar-refractivity contribution in [2.45, 2.75) is 23.9 Å². The van der Waals surface area contributed by atoms with Gasteiger partial charge in [0.15, 0.2) is 0 Å². The van der Waals surface area contributed by atoms with Gasteiger partial charge < -0.3 is 4.74 Å². The number of halogens is 5. The van der Waals surface area contributed by atoms with E-state index < -0.39 is 34.4 Å². The number of ether oxygens (including phenoxy) is 1. The number of aryl methyl sites for hydroxylation is 1. The van der Waals surface area contributed by atoms with Crippen LogP contribution >= 0.6 is 0 Å². The van der Waals surface area contributed by atoms with Gasteiger partial charge in [-0.25, -0.2) is 0 Å². The lowest BCUT2D eigenvalue weighted by Crippen LogP contribution is -2.46. The van der Waals surface area contributed by atoms with Gasteiger partial charge in [0.05, 0.1) is 29.3 Å². The molecule has 146 valence electrons. The van der Waals surface area contributed by atoms with Crippen LogP contribution in [0, 0.1) is 6.92 Å². The summed E-state index contributed by atoms with van der Waals surface area (Å²) in [4.78, 5) is 3.59. The highest BCUT2D eigenvalue weighted by Gasteiger charge is 2.61. The Kier molecular flexibility index (Phi) is 6.35. The lowest BCUT2D eigenvalue weighted by atomic mass is 10.2. The molecule has 9 heteroatoms. The van der Waals surface area contributed by atoms with Crippen LogP contribution < -0.4 is 4.74 Å². The first-order valence-electron chi connectivity index (χ1n) is 7.66. The molecule has 0 bridgehead atoms. The lowest BCUT2D eigenvalue weighted by molar-refractivity contribution is -0.249. The minimum absolute atomic E-state index is 0.129. The Morgan fingerprint density at radius 2 is 1.56 bits per heavy atom. The van der Waals surface area contributed by atoms with Crippen molar-refractivity contribution in [3.63, 3.8) is 0 Å². The predicted octanol–water partition coefficient (Wildman–Crippen LogP) is 5.08. The molecule has 0 aliphatic carbocycles. The molecule has 0 aromatic heterocycles. The minimum atomic E-state index is -5.85. The minimum Gasteiger partial charge on any atom is -0.497 e. The van der Waals surface area contributed by atoms with Gasteiger partial charge in [0.1, 0.15) is 11.5 Å². The number of hydrogen-bond donors (Lipinski definition) is 0. The summed E-state index contributed by atoms with van der Waals surface area (Å²) < 4.78 is 83.7. The van der Waals surface area contributed by atoms with E-state index >= 15 is 0 Å². The maximum Gasteiger partial charge on any atom is 0.459 e. The third kappa shape index (κ3) is 5.12. The third-order valence-electron chi connectivity index (χ3n) is 3.61. The number of rotatable bonds is 6. The molecule has 0 saturated heterocycles. The van der Waals surface area contributed by atoms with E-state index in [0.29, 0.717) is 5.75 Å². The monoisotopic (exact) mass is 405 g/mol. The summed E-state index contributed by atoms with van der Waals surface area (Å²) in [5.74, 6) is -5.88. The van der Waals surface area contributed by atoms with Crippen LogP contribution in [0.4, 0.5) is 27.6 Å². The Morgan fingerprint density at radius 3 is 2.04 bits per heavy atom. The van der Waals surface area contributed by atoms with Gasteiger partial charge >= 0.3 is 12.1 Å². The highest BCUT2D eigenvalue weighted by atomic mass is 32.2. The summed E-state index contributed by atoms with van der Waals surface area (Å²) in [5.41, 5.74) is -0.807. The van der Waals surface area contributed by atoms with Crippen molar-refractivity contribution in [2.24, 2.45) is 4.99 Å². The molecule has 27 heavy (non-hydrogen) atoms. The number of hydrogen-bond acceptors (Lipinski definition) is 3. The predicted molar refractivity (Wildman–Crippen MR) is 93.5 cm³/mol. The van der Waals surface area contributed by atoms with Gasteiger partial charge in [-0.1, -0.05) is 17.7 Å². The van der Waals surface area contributed by atoms with E-state index in [1.165, 1.54) is 43.5 Å². The lowest BCUT2D eigenvalue weighted by Gasteiger charge is -2.21. The maximum absolute atomic E-state index is 14.0. The molecule has 0 saturated carbocycles. The second-order valence-corrected chi connectivity index (χ2v) is 7.08. The summed E-state index contributed by atoms with van der Waals surface area (Å²) in [6.07, 6.45) is -5.85. The first-order chi connectivity index (χ1) is 12.5. The van der Waals surface area contributed by atoms with Gasteiger partial charge in [0.2, 0.25) is 0 Å². The van der Waals surface area contributed by atoms with Gasteiger partial charge in [-0.3, -0.25) is 9.20 Å². The van der Waals surface area contributed by atoms with Crippen molar-refractivity contribution in [3.05, 3.63) is 54.1 Å². The van der Waals surface area contributed by atoms with Gasteiger partial charge in [-0.2, -0.15) is 22.0 Å². The number of nitrogens with zero attached hydrogens (tertiary/aromatic N) is 1. The van der Waals surface area contributed by atoms with E-state index in [1.54, 1.807) is 19.1 Å². The van der Waals surface area contributed by atoms with Crippen LogP contribution in [0.15, 0.2) is 58.4 Å². The average molecular weight is 405 g/mol. The number of methoxy groups -OCH3 is 1. The highest BCUT2D eigenvalue weighted by molar-refractivity contribution is 7.85. The maximum atomic E-state index is 14.0. The van der Waals surface area contributed by atoms with E-state index in [1.807, 2.05) is 0 Å². The Morgan fingerprint density at radius 1 is 1.00 bits per heavy atom. The molecule has 0 heterocycles. The summed E-state index contributed by atoms with van der Waals surface area (Å²) >= 11 is 0. The van der Waals surface area contributed by atoms with Gasteiger partial charge in [-0.05, 0) is 43.3 Å². The molecular weight excluding hydrogens is 389 g/mol. The SMILES string of the molecule is COc1ccc(N=C(C[S@@](=O)c2ccc(C)cc2)C(F)(F)C(F)(F)F)cc1. The molecule has 0 unspecified atom stereocenters.